The van der Waals surface area contributed by atoms with Crippen molar-refractivity contribution in [3.63, 3.8) is 0 Å². The van der Waals surface area contributed by atoms with Crippen molar-refractivity contribution in [1.29, 1.82) is 0 Å². The Labute approximate surface area is 294 Å². The Kier molecular flexibility index (Phi) is 5.70. The van der Waals surface area contributed by atoms with Gasteiger partial charge in [0, 0.05) is 25.6 Å². The Morgan fingerprint density at radius 1 is 0.360 bits per heavy atom. The summed E-state index contributed by atoms with van der Waals surface area (Å²) in [5.41, 5.74) is 10.8. The molecule has 0 aliphatic heterocycles. The summed E-state index contributed by atoms with van der Waals surface area (Å²) in [5.74, 6) is 0. The highest BCUT2D eigenvalue weighted by atomic mass is 32.1. The fraction of sp³-hybridized carbons (Fsp3) is 0.0612. The van der Waals surface area contributed by atoms with Crippen LogP contribution in [0.25, 0.3) is 96.6 Å². The van der Waals surface area contributed by atoms with Crippen LogP contribution < -0.4 is 0 Å². The minimum atomic E-state index is -0.0468. The van der Waals surface area contributed by atoms with Crippen LogP contribution in [0.1, 0.15) is 25.0 Å². The van der Waals surface area contributed by atoms with Crippen molar-refractivity contribution in [3.8, 4) is 33.4 Å². The van der Waals surface area contributed by atoms with Crippen LogP contribution in [-0.4, -0.2) is 0 Å². The van der Waals surface area contributed by atoms with Crippen molar-refractivity contribution >= 4 is 74.6 Å². The second kappa shape index (κ2) is 10.1. The summed E-state index contributed by atoms with van der Waals surface area (Å²) in [5, 5.41) is 13.0. The topological polar surface area (TPSA) is 0 Å². The summed E-state index contributed by atoms with van der Waals surface area (Å²) in [6, 6.07) is 59.2. The first-order valence-corrected chi connectivity index (χ1v) is 18.3. The molecule has 1 aliphatic rings. The molecule has 0 saturated carbocycles. The van der Waals surface area contributed by atoms with Crippen molar-refractivity contribution in [1.82, 2.24) is 0 Å². The van der Waals surface area contributed by atoms with Gasteiger partial charge in [0.2, 0.25) is 0 Å². The van der Waals surface area contributed by atoms with Crippen LogP contribution in [0, 0.1) is 0 Å². The van der Waals surface area contributed by atoms with E-state index in [1.165, 1.54) is 108 Å². The second-order valence-corrected chi connectivity index (χ2v) is 15.5. The maximum atomic E-state index is 2.49. The first-order valence-electron chi connectivity index (χ1n) is 17.5. The third-order valence-electron chi connectivity index (χ3n) is 11.4. The Morgan fingerprint density at radius 3 is 1.60 bits per heavy atom. The highest BCUT2D eigenvalue weighted by Gasteiger charge is 2.37. The average Bonchev–Trinajstić information content (AvgIpc) is 3.63. The Hall–Kier alpha value is -5.76. The molecule has 0 spiro atoms. The predicted octanol–water partition coefficient (Wildman–Crippen LogP) is 14.3. The van der Waals surface area contributed by atoms with E-state index in [1.807, 2.05) is 11.3 Å². The first-order chi connectivity index (χ1) is 24.5. The Bertz CT molecular complexity index is 3010. The normalized spacial score (nSPS) is 13.6. The number of fused-ring (bicyclic) bond motifs is 11. The van der Waals surface area contributed by atoms with Gasteiger partial charge in [-0.2, -0.15) is 0 Å². The van der Waals surface area contributed by atoms with Gasteiger partial charge in [0.15, 0.2) is 0 Å². The lowest BCUT2D eigenvalue weighted by Gasteiger charge is -2.21. The molecular weight excluding hydrogens is 621 g/mol. The van der Waals surface area contributed by atoms with E-state index in [4.69, 9.17) is 0 Å². The van der Waals surface area contributed by atoms with E-state index in [0.29, 0.717) is 0 Å². The smallest absolute Gasteiger partial charge is 0.0361 e. The average molecular weight is 653 g/mol. The molecule has 0 bridgehead atoms. The highest BCUT2D eigenvalue weighted by Crippen LogP contribution is 2.54. The van der Waals surface area contributed by atoms with Crippen LogP contribution in [0.4, 0.5) is 0 Å². The zero-order chi connectivity index (χ0) is 33.1. The lowest BCUT2D eigenvalue weighted by molar-refractivity contribution is 0.662. The molecule has 11 rings (SSSR count). The van der Waals surface area contributed by atoms with Crippen LogP contribution in [0.15, 0.2) is 158 Å². The molecule has 9 aromatic carbocycles. The first kappa shape index (κ1) is 28.1. The molecule has 0 radical (unpaired) electrons. The molecule has 0 N–H and O–H groups in total. The number of hydrogen-bond acceptors (Lipinski definition) is 1. The van der Waals surface area contributed by atoms with E-state index in [1.54, 1.807) is 0 Å². The molecular formula is C49H32S. The number of thiophene rings is 1. The fourth-order valence-electron chi connectivity index (χ4n) is 9.02. The number of hydrogen-bond donors (Lipinski definition) is 0. The van der Waals surface area contributed by atoms with E-state index >= 15 is 0 Å². The maximum absolute atomic E-state index is 2.49. The monoisotopic (exact) mass is 652 g/mol. The van der Waals surface area contributed by atoms with Crippen molar-refractivity contribution < 1.29 is 0 Å². The number of rotatable bonds is 2. The molecule has 10 aromatic rings. The van der Waals surface area contributed by atoms with Crippen molar-refractivity contribution in [2.75, 3.05) is 0 Å². The van der Waals surface area contributed by atoms with E-state index in [9.17, 15) is 0 Å². The van der Waals surface area contributed by atoms with Gasteiger partial charge in [-0.1, -0.05) is 147 Å². The number of benzene rings is 9. The van der Waals surface area contributed by atoms with Crippen molar-refractivity contribution in [2.24, 2.45) is 0 Å². The largest absolute Gasteiger partial charge is 0.135 e. The standard InChI is InChI=1S/C49H32S/c1-49(2)42-24-22-30-12-5-6-14-34(30)48(42)41-27-40-35-23-21-33(26-44(35)50-45(40)28-43(41)49)47-38-17-9-7-15-36(38)46(37-16-8-10-18-39(37)47)32-20-19-29-11-3-4-13-31(29)25-32/h3-28H,1-2H3. The molecule has 1 aromatic heterocycles. The SMILES string of the molecule is CC1(C)c2cc3sc4cc(-c5c6ccccc6c(-c6ccc7ccccc7c6)c6ccccc56)ccc4c3cc2-c2c1ccc1ccccc21. The van der Waals surface area contributed by atoms with Crippen LogP contribution in [0.2, 0.25) is 0 Å². The van der Waals surface area contributed by atoms with E-state index < -0.39 is 0 Å². The minimum absolute atomic E-state index is 0.0468. The molecule has 234 valence electrons. The van der Waals surface area contributed by atoms with Crippen molar-refractivity contribution in [3.05, 3.63) is 169 Å². The lowest BCUT2D eigenvalue weighted by atomic mass is 9.82. The molecule has 0 nitrogen and oxygen atoms in total. The van der Waals surface area contributed by atoms with Gasteiger partial charge in [0.05, 0.1) is 0 Å². The predicted molar refractivity (Wildman–Crippen MR) is 218 cm³/mol. The van der Waals surface area contributed by atoms with E-state index in [2.05, 4.69) is 172 Å². The summed E-state index contributed by atoms with van der Waals surface area (Å²) in [7, 11) is 0. The van der Waals surface area contributed by atoms with Crippen LogP contribution in [0.5, 0.6) is 0 Å². The quantitative estimate of drug-likeness (QED) is 0.163. The van der Waals surface area contributed by atoms with Crippen LogP contribution in [-0.2, 0) is 5.41 Å². The van der Waals surface area contributed by atoms with E-state index in [0.717, 1.165) is 0 Å². The fourth-order valence-corrected chi connectivity index (χ4v) is 10.2. The van der Waals surface area contributed by atoms with Gasteiger partial charge in [0.1, 0.15) is 0 Å². The molecule has 0 unspecified atom stereocenters. The van der Waals surface area contributed by atoms with E-state index in [-0.39, 0.29) is 5.41 Å². The Balaban J connectivity index is 1.15. The van der Waals surface area contributed by atoms with Gasteiger partial charge in [-0.25, -0.2) is 0 Å². The summed E-state index contributed by atoms with van der Waals surface area (Å²) in [4.78, 5) is 0. The minimum Gasteiger partial charge on any atom is -0.135 e. The zero-order valence-electron chi connectivity index (χ0n) is 27.9. The van der Waals surface area contributed by atoms with Gasteiger partial charge in [0.25, 0.3) is 0 Å². The summed E-state index contributed by atoms with van der Waals surface area (Å²) >= 11 is 1.93. The van der Waals surface area contributed by atoms with Gasteiger partial charge < -0.3 is 0 Å². The Morgan fingerprint density at radius 2 is 0.900 bits per heavy atom. The zero-order valence-corrected chi connectivity index (χ0v) is 28.7. The van der Waals surface area contributed by atoms with Crippen LogP contribution >= 0.6 is 11.3 Å². The molecule has 50 heavy (non-hydrogen) atoms. The summed E-state index contributed by atoms with van der Waals surface area (Å²) < 4.78 is 2.70. The third-order valence-corrected chi connectivity index (χ3v) is 12.5. The third kappa shape index (κ3) is 3.81. The molecule has 1 aliphatic carbocycles. The van der Waals surface area contributed by atoms with Gasteiger partial charge in [-0.05, 0) is 112 Å². The van der Waals surface area contributed by atoms with Crippen LogP contribution in [0.3, 0.4) is 0 Å². The molecule has 0 saturated heterocycles. The van der Waals surface area contributed by atoms with Crippen molar-refractivity contribution in [2.45, 2.75) is 19.3 Å². The molecule has 1 heteroatoms. The second-order valence-electron chi connectivity index (χ2n) is 14.4. The highest BCUT2D eigenvalue weighted by molar-refractivity contribution is 7.25. The van der Waals surface area contributed by atoms with Gasteiger partial charge >= 0.3 is 0 Å². The summed E-state index contributed by atoms with van der Waals surface area (Å²) in [6.45, 7) is 4.78. The van der Waals surface area contributed by atoms with Gasteiger partial charge in [-0.15, -0.1) is 11.3 Å². The molecule has 0 atom stereocenters. The maximum Gasteiger partial charge on any atom is 0.0361 e. The molecule has 1 heterocycles. The molecule has 0 fully saturated rings. The molecule has 0 amide bonds. The lowest BCUT2D eigenvalue weighted by Crippen LogP contribution is -2.14. The summed E-state index contributed by atoms with van der Waals surface area (Å²) in [6.07, 6.45) is 0. The van der Waals surface area contributed by atoms with Gasteiger partial charge in [-0.3, -0.25) is 0 Å².